The molecule has 5 heteroatoms. The van der Waals surface area contributed by atoms with E-state index in [-0.39, 0.29) is 35.5 Å². The molecule has 170 valence electrons. The number of allylic oxidation sites excluding steroid dienone is 1. The van der Waals surface area contributed by atoms with Gasteiger partial charge in [-0.25, -0.2) is 4.79 Å². The molecule has 0 N–H and O–H groups in total. The van der Waals surface area contributed by atoms with Crippen molar-refractivity contribution < 1.29 is 23.8 Å². The van der Waals surface area contributed by atoms with Gasteiger partial charge in [0, 0.05) is 17.8 Å². The molecule has 0 radical (unpaired) electrons. The number of carbonyl (C=O) groups excluding carboxylic acids is 2. The average molecular weight is 437 g/mol. The van der Waals surface area contributed by atoms with Crippen LogP contribution in [-0.4, -0.2) is 36.9 Å². The van der Waals surface area contributed by atoms with Crippen LogP contribution in [-0.2, 0) is 19.0 Å². The van der Waals surface area contributed by atoms with Crippen molar-refractivity contribution >= 4 is 11.9 Å². The molecule has 4 aliphatic rings. The molecule has 1 unspecified atom stereocenters. The van der Waals surface area contributed by atoms with E-state index in [2.05, 4.69) is 20.4 Å². The summed E-state index contributed by atoms with van der Waals surface area (Å²) in [4.78, 5) is 25.7. The second kappa shape index (κ2) is 7.58. The minimum Gasteiger partial charge on any atom is -0.465 e. The fraction of sp³-hybridized carbons (Fsp3) is 0.556. The predicted octanol–water partition coefficient (Wildman–Crippen LogP) is 5.02. The van der Waals surface area contributed by atoms with Crippen molar-refractivity contribution in [2.75, 3.05) is 6.61 Å². The Morgan fingerprint density at radius 3 is 2.66 bits per heavy atom. The normalized spacial score (nSPS) is 38.3. The van der Waals surface area contributed by atoms with Gasteiger partial charge in [-0.15, -0.1) is 0 Å². The highest BCUT2D eigenvalue weighted by Crippen LogP contribution is 2.64. The highest BCUT2D eigenvalue weighted by Gasteiger charge is 2.64. The first-order valence-electron chi connectivity index (χ1n) is 11.7. The molecule has 0 aromatic heterocycles. The van der Waals surface area contributed by atoms with Gasteiger partial charge in [0.25, 0.3) is 0 Å². The lowest BCUT2D eigenvalue weighted by atomic mass is 9.48. The van der Waals surface area contributed by atoms with E-state index in [0.29, 0.717) is 18.6 Å². The maximum atomic E-state index is 12.9. The van der Waals surface area contributed by atoms with Gasteiger partial charge in [0.2, 0.25) is 0 Å². The molecule has 3 fully saturated rings. The van der Waals surface area contributed by atoms with E-state index >= 15 is 0 Å². The van der Waals surface area contributed by atoms with Gasteiger partial charge >= 0.3 is 11.9 Å². The second-order valence-corrected chi connectivity index (χ2v) is 10.3. The molecule has 2 aliphatic carbocycles. The molecule has 2 heterocycles. The van der Waals surface area contributed by atoms with Crippen LogP contribution in [0.3, 0.4) is 0 Å². The fourth-order valence-electron chi connectivity index (χ4n) is 6.64. The molecule has 6 atom stereocenters. The molecular weight excluding hydrogens is 404 g/mol. The Kier molecular flexibility index (Phi) is 5.08. The number of benzene rings is 1. The molecule has 5 rings (SSSR count). The lowest BCUT2D eigenvalue weighted by molar-refractivity contribution is -0.154. The van der Waals surface area contributed by atoms with E-state index in [1.165, 1.54) is 11.1 Å². The highest BCUT2D eigenvalue weighted by atomic mass is 16.6. The van der Waals surface area contributed by atoms with Crippen LogP contribution < -0.4 is 0 Å². The number of esters is 2. The van der Waals surface area contributed by atoms with Gasteiger partial charge < -0.3 is 14.2 Å². The Morgan fingerprint density at radius 1 is 1.19 bits per heavy atom. The first-order chi connectivity index (χ1) is 15.3. The van der Waals surface area contributed by atoms with Gasteiger partial charge in [-0.2, -0.15) is 0 Å². The fourth-order valence-corrected chi connectivity index (χ4v) is 6.64. The zero-order valence-corrected chi connectivity index (χ0v) is 19.2. The molecule has 5 nitrogen and oxygen atoms in total. The summed E-state index contributed by atoms with van der Waals surface area (Å²) in [6, 6.07) is 9.06. The van der Waals surface area contributed by atoms with E-state index in [1.54, 1.807) is 12.1 Å². The predicted molar refractivity (Wildman–Crippen MR) is 120 cm³/mol. The molecule has 1 aromatic rings. The number of cyclic esters (lactones) is 1. The summed E-state index contributed by atoms with van der Waals surface area (Å²) in [7, 11) is 0. The summed E-state index contributed by atoms with van der Waals surface area (Å²) in [5.41, 5.74) is 3.20. The minimum absolute atomic E-state index is 0.0102. The van der Waals surface area contributed by atoms with E-state index in [0.717, 1.165) is 31.3 Å². The van der Waals surface area contributed by atoms with Crippen molar-refractivity contribution in [1.82, 2.24) is 0 Å². The number of fused-ring (bicyclic) bond motifs is 4. The van der Waals surface area contributed by atoms with E-state index in [4.69, 9.17) is 14.2 Å². The first kappa shape index (κ1) is 21.4. The van der Waals surface area contributed by atoms with Crippen LogP contribution in [0, 0.1) is 16.7 Å². The third-order valence-electron chi connectivity index (χ3n) is 8.72. The number of carbonyl (C=O) groups is 2. The minimum atomic E-state index is -0.500. The monoisotopic (exact) mass is 436 g/mol. The van der Waals surface area contributed by atoms with Gasteiger partial charge in [0.1, 0.15) is 12.2 Å². The zero-order chi connectivity index (χ0) is 22.7. The SMILES string of the molecule is C=C(C)[C@H]1O[C@H]2CC[C@@]3(C)C(=C2C[C@H]1OC(=O)c1ccccc1)CCC1COC(=O)[C@@]13C. The maximum absolute atomic E-state index is 12.9. The summed E-state index contributed by atoms with van der Waals surface area (Å²) >= 11 is 0. The third-order valence-corrected chi connectivity index (χ3v) is 8.72. The van der Waals surface area contributed by atoms with E-state index < -0.39 is 11.5 Å². The van der Waals surface area contributed by atoms with Gasteiger partial charge in [-0.05, 0) is 62.8 Å². The second-order valence-electron chi connectivity index (χ2n) is 10.3. The average Bonchev–Trinajstić information content (AvgIpc) is 3.09. The van der Waals surface area contributed by atoms with Gasteiger partial charge in [0.15, 0.2) is 0 Å². The van der Waals surface area contributed by atoms with Gasteiger partial charge in [-0.1, -0.05) is 37.3 Å². The third kappa shape index (κ3) is 3.01. The zero-order valence-electron chi connectivity index (χ0n) is 19.2. The van der Waals surface area contributed by atoms with Crippen LogP contribution in [0.25, 0.3) is 0 Å². The van der Waals surface area contributed by atoms with E-state index in [1.807, 2.05) is 25.1 Å². The number of ether oxygens (including phenoxy) is 3. The summed E-state index contributed by atoms with van der Waals surface area (Å²) in [6.07, 6.45) is 3.50. The van der Waals surface area contributed by atoms with Crippen LogP contribution in [0.15, 0.2) is 53.6 Å². The summed E-state index contributed by atoms with van der Waals surface area (Å²) in [5, 5.41) is 0. The lowest BCUT2D eigenvalue weighted by Crippen LogP contribution is -2.54. The Bertz CT molecular complexity index is 995. The van der Waals surface area contributed by atoms with Crippen molar-refractivity contribution in [3.05, 3.63) is 59.2 Å². The van der Waals surface area contributed by atoms with Crippen molar-refractivity contribution in [2.45, 2.75) is 71.2 Å². The Hall–Kier alpha value is -2.40. The van der Waals surface area contributed by atoms with Crippen LogP contribution >= 0.6 is 0 Å². The van der Waals surface area contributed by atoms with Crippen LogP contribution in [0.5, 0.6) is 0 Å². The maximum Gasteiger partial charge on any atom is 0.338 e. The highest BCUT2D eigenvalue weighted by molar-refractivity contribution is 5.89. The van der Waals surface area contributed by atoms with Crippen molar-refractivity contribution in [2.24, 2.45) is 16.7 Å². The Labute approximate surface area is 189 Å². The number of hydrogen-bond donors (Lipinski definition) is 0. The number of rotatable bonds is 3. The van der Waals surface area contributed by atoms with Gasteiger partial charge in [-0.3, -0.25) is 4.79 Å². The van der Waals surface area contributed by atoms with Gasteiger partial charge in [0.05, 0.1) is 23.7 Å². The summed E-state index contributed by atoms with van der Waals surface area (Å²) < 4.78 is 18.1. The molecule has 0 amide bonds. The smallest absolute Gasteiger partial charge is 0.338 e. The van der Waals surface area contributed by atoms with Crippen LogP contribution in [0.2, 0.25) is 0 Å². The topological polar surface area (TPSA) is 61.8 Å². The lowest BCUT2D eigenvalue weighted by Gasteiger charge is -2.55. The Morgan fingerprint density at radius 2 is 1.94 bits per heavy atom. The standard InChI is InChI=1S/C27H32O5/c1-16(2)23-22(32-24(28)17-8-6-5-7-9-17)14-19-20-11-10-18-15-30-25(29)27(18,4)26(20,3)13-12-21(19)31-23/h5-9,18,21-23H,1,10-15H2,2-4H3/t18?,21-,22+,23+,26-,27+/m0/s1. The molecule has 1 saturated carbocycles. The first-order valence-corrected chi connectivity index (χ1v) is 11.7. The quantitative estimate of drug-likeness (QED) is 0.492. The largest absolute Gasteiger partial charge is 0.465 e. The van der Waals surface area contributed by atoms with E-state index in [9.17, 15) is 9.59 Å². The van der Waals surface area contributed by atoms with Crippen LogP contribution in [0.4, 0.5) is 0 Å². The summed E-state index contributed by atoms with van der Waals surface area (Å²) in [5.74, 6) is -0.145. The molecule has 2 aliphatic heterocycles. The Balaban J connectivity index is 1.50. The van der Waals surface area contributed by atoms with Crippen LogP contribution in [0.1, 0.15) is 63.2 Å². The molecular formula is C27H32O5. The van der Waals surface area contributed by atoms with Crippen molar-refractivity contribution in [3.63, 3.8) is 0 Å². The molecule has 0 spiro atoms. The molecule has 2 saturated heterocycles. The molecule has 1 aromatic carbocycles. The molecule has 32 heavy (non-hydrogen) atoms. The van der Waals surface area contributed by atoms with Crippen molar-refractivity contribution in [1.29, 1.82) is 0 Å². The van der Waals surface area contributed by atoms with Crippen molar-refractivity contribution in [3.8, 4) is 0 Å². The summed E-state index contributed by atoms with van der Waals surface area (Å²) in [6.45, 7) is 10.9. The molecule has 0 bridgehead atoms. The number of hydrogen-bond acceptors (Lipinski definition) is 5.